The smallest absolute Gasteiger partial charge is 0.139 e. The van der Waals surface area contributed by atoms with Crippen LogP contribution in [0.15, 0.2) is 12.1 Å². The number of pyridine rings is 1. The van der Waals surface area contributed by atoms with Gasteiger partial charge >= 0.3 is 0 Å². The van der Waals surface area contributed by atoms with E-state index >= 15 is 0 Å². The van der Waals surface area contributed by atoms with Gasteiger partial charge in [0, 0.05) is 25.9 Å². The molecule has 0 unspecified atom stereocenters. The summed E-state index contributed by atoms with van der Waals surface area (Å²) >= 11 is 5.12. The Hall–Kier alpha value is -1.20. The van der Waals surface area contributed by atoms with Gasteiger partial charge < -0.3 is 15.4 Å². The molecule has 1 aromatic rings. The van der Waals surface area contributed by atoms with Crippen LogP contribution in [0.3, 0.4) is 0 Å². The van der Waals surface area contributed by atoms with E-state index in [1.807, 2.05) is 19.1 Å². The first-order chi connectivity index (χ1) is 8.95. The van der Waals surface area contributed by atoms with Crippen LogP contribution in [-0.4, -0.2) is 36.8 Å². The summed E-state index contributed by atoms with van der Waals surface area (Å²) in [5.41, 5.74) is 7.59. The molecule has 5 heteroatoms. The number of anilines is 1. The Morgan fingerprint density at radius 3 is 2.68 bits per heavy atom. The molecule has 1 heterocycles. The van der Waals surface area contributed by atoms with Gasteiger partial charge in [0.2, 0.25) is 0 Å². The lowest BCUT2D eigenvalue weighted by atomic mass is 10.1. The van der Waals surface area contributed by atoms with Crippen LogP contribution in [0.1, 0.15) is 25.1 Å². The molecule has 1 aromatic heterocycles. The van der Waals surface area contributed by atoms with Gasteiger partial charge in [-0.05, 0) is 25.0 Å². The Morgan fingerprint density at radius 2 is 2.16 bits per heavy atom. The van der Waals surface area contributed by atoms with Gasteiger partial charge in [-0.1, -0.05) is 26.1 Å². The molecule has 0 saturated carbocycles. The molecule has 2 N–H and O–H groups in total. The second-order valence-electron chi connectivity index (χ2n) is 5.02. The van der Waals surface area contributed by atoms with Crippen molar-refractivity contribution in [3.05, 3.63) is 23.4 Å². The molecule has 0 aliphatic heterocycles. The summed E-state index contributed by atoms with van der Waals surface area (Å²) in [6, 6.07) is 3.88. The monoisotopic (exact) mass is 281 g/mol. The fourth-order valence-corrected chi connectivity index (χ4v) is 2.06. The minimum absolute atomic E-state index is 0.383. The van der Waals surface area contributed by atoms with E-state index in [0.29, 0.717) is 17.5 Å². The number of nitrogens with zero attached hydrogens (tertiary/aromatic N) is 2. The van der Waals surface area contributed by atoms with E-state index in [0.717, 1.165) is 30.2 Å². The number of aromatic nitrogens is 1. The van der Waals surface area contributed by atoms with Crippen LogP contribution in [0.4, 0.5) is 5.82 Å². The summed E-state index contributed by atoms with van der Waals surface area (Å²) in [4.78, 5) is 7.18. The quantitative estimate of drug-likeness (QED) is 0.776. The van der Waals surface area contributed by atoms with Gasteiger partial charge in [-0.25, -0.2) is 4.98 Å². The molecule has 0 bridgehead atoms. The molecule has 0 amide bonds. The minimum atomic E-state index is 0.383. The number of hydrogen-bond acceptors (Lipinski definition) is 4. The summed E-state index contributed by atoms with van der Waals surface area (Å²) in [6.07, 6.45) is 0. The van der Waals surface area contributed by atoms with Crippen LogP contribution in [0.5, 0.6) is 0 Å². The second kappa shape index (κ2) is 7.40. The van der Waals surface area contributed by atoms with Crippen LogP contribution in [0, 0.1) is 12.8 Å². The molecule has 0 fully saturated rings. The van der Waals surface area contributed by atoms with Gasteiger partial charge in [-0.15, -0.1) is 0 Å². The minimum Gasteiger partial charge on any atom is -0.389 e. The number of rotatable bonds is 7. The zero-order valence-electron chi connectivity index (χ0n) is 12.1. The Kier molecular flexibility index (Phi) is 6.18. The van der Waals surface area contributed by atoms with Crippen molar-refractivity contribution in [2.45, 2.75) is 20.8 Å². The highest BCUT2D eigenvalue weighted by Crippen LogP contribution is 2.19. The van der Waals surface area contributed by atoms with Gasteiger partial charge in [0.1, 0.15) is 10.8 Å². The zero-order chi connectivity index (χ0) is 14.4. The molecule has 1 rings (SSSR count). The van der Waals surface area contributed by atoms with E-state index < -0.39 is 0 Å². The third-order valence-corrected chi connectivity index (χ3v) is 2.95. The van der Waals surface area contributed by atoms with Gasteiger partial charge in [-0.2, -0.15) is 0 Å². The van der Waals surface area contributed by atoms with Crippen molar-refractivity contribution in [1.29, 1.82) is 0 Å². The van der Waals surface area contributed by atoms with E-state index in [9.17, 15) is 0 Å². The van der Waals surface area contributed by atoms with Gasteiger partial charge in [0.25, 0.3) is 0 Å². The number of methoxy groups -OCH3 is 1. The Bertz CT molecular complexity index is 435. The number of nitrogens with two attached hydrogens (primary N) is 1. The second-order valence-corrected chi connectivity index (χ2v) is 5.46. The highest BCUT2D eigenvalue weighted by atomic mass is 32.1. The zero-order valence-corrected chi connectivity index (χ0v) is 13.0. The lowest BCUT2D eigenvalue weighted by Gasteiger charge is -2.27. The molecule has 0 saturated heterocycles. The Labute approximate surface area is 121 Å². The maximum atomic E-state index is 5.80. The van der Waals surface area contributed by atoms with E-state index in [1.165, 1.54) is 0 Å². The van der Waals surface area contributed by atoms with Crippen molar-refractivity contribution in [1.82, 2.24) is 4.98 Å². The average Bonchev–Trinajstić information content (AvgIpc) is 2.33. The summed E-state index contributed by atoms with van der Waals surface area (Å²) < 4.78 is 5.17. The summed E-state index contributed by atoms with van der Waals surface area (Å²) in [5.74, 6) is 1.39. The van der Waals surface area contributed by atoms with Crippen LogP contribution in [-0.2, 0) is 4.74 Å². The number of aryl methyl sites for hydroxylation is 1. The summed E-state index contributed by atoms with van der Waals surface area (Å²) in [5, 5.41) is 0. The Balaban J connectivity index is 3.11. The summed E-state index contributed by atoms with van der Waals surface area (Å²) in [7, 11) is 1.70. The van der Waals surface area contributed by atoms with Gasteiger partial charge in [0.05, 0.1) is 12.2 Å². The maximum Gasteiger partial charge on any atom is 0.139 e. The van der Waals surface area contributed by atoms with Crippen LogP contribution < -0.4 is 10.6 Å². The molecule has 4 nitrogen and oxygen atoms in total. The lowest BCUT2D eigenvalue weighted by molar-refractivity contribution is 0.204. The van der Waals surface area contributed by atoms with Gasteiger partial charge in [-0.3, -0.25) is 0 Å². The van der Waals surface area contributed by atoms with Crippen LogP contribution >= 0.6 is 12.2 Å². The molecular formula is C14H23N3OS. The molecule has 0 radical (unpaired) electrons. The number of hydrogen-bond donors (Lipinski definition) is 1. The predicted octanol–water partition coefficient (Wildman–Crippen LogP) is 2.13. The highest BCUT2D eigenvalue weighted by Gasteiger charge is 2.16. The topological polar surface area (TPSA) is 51.4 Å². The largest absolute Gasteiger partial charge is 0.389 e. The third-order valence-electron chi connectivity index (χ3n) is 2.73. The molecule has 106 valence electrons. The first-order valence-corrected chi connectivity index (χ1v) is 6.87. The van der Waals surface area contributed by atoms with Crippen molar-refractivity contribution in [2.24, 2.45) is 11.7 Å². The van der Waals surface area contributed by atoms with Crippen molar-refractivity contribution < 1.29 is 4.74 Å². The lowest BCUT2D eigenvalue weighted by Crippen LogP contribution is -2.33. The first kappa shape index (κ1) is 15.9. The molecule has 0 aliphatic rings. The molecule has 0 atom stereocenters. The fraction of sp³-hybridized carbons (Fsp3) is 0.571. The van der Waals surface area contributed by atoms with Crippen molar-refractivity contribution in [3.8, 4) is 0 Å². The predicted molar refractivity (Wildman–Crippen MR) is 83.8 cm³/mol. The highest BCUT2D eigenvalue weighted by molar-refractivity contribution is 7.80. The average molecular weight is 281 g/mol. The van der Waals surface area contributed by atoms with Crippen molar-refractivity contribution >= 4 is 23.0 Å². The Morgan fingerprint density at radius 1 is 1.47 bits per heavy atom. The van der Waals surface area contributed by atoms with Crippen molar-refractivity contribution in [2.75, 3.05) is 31.7 Å². The number of ether oxygens (including phenoxy) is 1. The first-order valence-electron chi connectivity index (χ1n) is 6.47. The normalized spacial score (nSPS) is 10.8. The fourth-order valence-electron chi connectivity index (χ4n) is 1.90. The van der Waals surface area contributed by atoms with Crippen molar-refractivity contribution in [3.63, 3.8) is 0 Å². The van der Waals surface area contributed by atoms with Crippen LogP contribution in [0.2, 0.25) is 0 Å². The summed E-state index contributed by atoms with van der Waals surface area (Å²) in [6.45, 7) is 8.65. The third kappa shape index (κ3) is 4.76. The molecule has 0 aromatic carbocycles. The number of thiocarbonyl (C=S) groups is 1. The van der Waals surface area contributed by atoms with Crippen LogP contribution in [0.25, 0.3) is 0 Å². The van der Waals surface area contributed by atoms with E-state index in [1.54, 1.807) is 7.11 Å². The van der Waals surface area contributed by atoms with E-state index in [-0.39, 0.29) is 0 Å². The standard InChI is InChI=1S/C14H23N3OS/c1-10(2)9-17(7-8-18-4)14-12(13(15)19)6-5-11(3)16-14/h5-6,10H,7-9H2,1-4H3,(H2,15,19). The molecule has 0 spiro atoms. The molecule has 0 aliphatic carbocycles. The van der Waals surface area contributed by atoms with Gasteiger partial charge in [0.15, 0.2) is 0 Å². The maximum absolute atomic E-state index is 5.80. The van der Waals surface area contributed by atoms with E-state index in [4.69, 9.17) is 22.7 Å². The molecule has 19 heavy (non-hydrogen) atoms. The van der Waals surface area contributed by atoms with E-state index in [2.05, 4.69) is 23.7 Å². The SMILES string of the molecule is COCCN(CC(C)C)c1nc(C)ccc1C(N)=S. The molecular weight excluding hydrogens is 258 g/mol.